The minimum absolute atomic E-state index is 0.00296. The topological polar surface area (TPSA) is 72.9 Å². The maximum absolute atomic E-state index is 12.6. The van der Waals surface area contributed by atoms with Crippen LogP contribution in [-0.4, -0.2) is 30.8 Å². The van der Waals surface area contributed by atoms with Crippen molar-refractivity contribution in [1.82, 2.24) is 0 Å². The van der Waals surface area contributed by atoms with E-state index in [4.69, 9.17) is 32.7 Å². The zero-order chi connectivity index (χ0) is 25.9. The Morgan fingerprint density at radius 3 is 2.46 bits per heavy atom. The van der Waals surface area contributed by atoms with Gasteiger partial charge in [-0.1, -0.05) is 59.6 Å². The van der Waals surface area contributed by atoms with Crippen molar-refractivity contribution in [2.75, 3.05) is 18.1 Å². The quantitative estimate of drug-likeness (QED) is 0.195. The molecule has 1 fully saturated rings. The fourth-order valence-electron chi connectivity index (χ4n) is 4.27. The Labute approximate surface area is 223 Å². The van der Waals surface area contributed by atoms with Crippen LogP contribution in [0.3, 0.4) is 0 Å². The minimum atomic E-state index is -0.674. The predicted molar refractivity (Wildman–Crippen MR) is 143 cm³/mol. The Bertz CT molecular complexity index is 1500. The third-order valence-corrected chi connectivity index (χ3v) is 6.71. The van der Waals surface area contributed by atoms with Crippen molar-refractivity contribution in [3.8, 4) is 11.5 Å². The Hall–Kier alpha value is -3.87. The zero-order valence-electron chi connectivity index (χ0n) is 19.5. The number of esters is 1. The van der Waals surface area contributed by atoms with Crippen molar-refractivity contribution < 1.29 is 23.9 Å². The van der Waals surface area contributed by atoms with Crippen molar-refractivity contribution in [1.29, 1.82) is 0 Å². The number of ketones is 1. The number of Topliss-reactive ketones (excluding diaryl/α,β-unsaturated/α-hetero) is 1. The van der Waals surface area contributed by atoms with Gasteiger partial charge < -0.3 is 14.4 Å². The zero-order valence-corrected chi connectivity index (χ0v) is 21.0. The van der Waals surface area contributed by atoms with Gasteiger partial charge in [0.05, 0.1) is 10.9 Å². The van der Waals surface area contributed by atoms with E-state index in [-0.39, 0.29) is 29.5 Å². The standard InChI is InChI=1S/C29H21Cl2NO5/c30-20-8-13-24(25(31)15-20)26(33)17-36-29(35)19-14-28(34)32(16-19)21-9-11-22(12-10-21)37-27-7-3-5-18-4-1-2-6-23(18)27/h1-13,15,19H,14,16-17H2/t19-/m0/s1. The summed E-state index contributed by atoms with van der Waals surface area (Å²) in [6.07, 6.45) is 0.00296. The lowest BCUT2D eigenvalue weighted by molar-refractivity contribution is -0.147. The molecule has 37 heavy (non-hydrogen) atoms. The summed E-state index contributed by atoms with van der Waals surface area (Å²) in [5.41, 5.74) is 0.864. The van der Waals surface area contributed by atoms with Crippen molar-refractivity contribution in [3.63, 3.8) is 0 Å². The van der Waals surface area contributed by atoms with Crippen molar-refractivity contribution in [3.05, 3.63) is 101 Å². The largest absolute Gasteiger partial charge is 0.457 e. The molecule has 4 aromatic carbocycles. The number of halogens is 2. The summed E-state index contributed by atoms with van der Waals surface area (Å²) in [5, 5.41) is 2.66. The Kier molecular flexibility index (Phi) is 7.12. The molecular weight excluding hydrogens is 513 g/mol. The van der Waals surface area contributed by atoms with E-state index in [0.29, 0.717) is 16.5 Å². The second-order valence-corrected chi connectivity index (χ2v) is 9.48. The summed E-state index contributed by atoms with van der Waals surface area (Å²) >= 11 is 11.9. The van der Waals surface area contributed by atoms with Gasteiger partial charge in [0.25, 0.3) is 0 Å². The number of amides is 1. The highest BCUT2D eigenvalue weighted by molar-refractivity contribution is 6.36. The Morgan fingerprint density at radius 2 is 1.68 bits per heavy atom. The average molecular weight is 534 g/mol. The molecule has 0 N–H and O–H groups in total. The lowest BCUT2D eigenvalue weighted by Crippen LogP contribution is -2.27. The van der Waals surface area contributed by atoms with Crippen LogP contribution in [0, 0.1) is 5.92 Å². The number of hydrogen-bond donors (Lipinski definition) is 0. The average Bonchev–Trinajstić information content (AvgIpc) is 3.29. The van der Waals surface area contributed by atoms with E-state index >= 15 is 0 Å². The molecule has 186 valence electrons. The van der Waals surface area contributed by atoms with Crippen molar-refractivity contribution in [2.45, 2.75) is 6.42 Å². The highest BCUT2D eigenvalue weighted by Gasteiger charge is 2.36. The summed E-state index contributed by atoms with van der Waals surface area (Å²) in [4.78, 5) is 39.1. The highest BCUT2D eigenvalue weighted by Crippen LogP contribution is 2.32. The Balaban J connectivity index is 1.20. The van der Waals surface area contributed by atoms with Gasteiger partial charge in [-0.25, -0.2) is 0 Å². The first kappa shape index (κ1) is 24.8. The number of nitrogens with zero attached hydrogens (tertiary/aromatic N) is 1. The number of carbonyl (C=O) groups is 3. The van der Waals surface area contributed by atoms with Gasteiger partial charge in [0.15, 0.2) is 6.61 Å². The molecule has 0 aromatic heterocycles. The summed E-state index contributed by atoms with van der Waals surface area (Å²) in [5.74, 6) is -0.560. The van der Waals surface area contributed by atoms with Gasteiger partial charge in [-0.05, 0) is 53.9 Å². The van der Waals surface area contributed by atoms with E-state index in [1.54, 1.807) is 24.3 Å². The summed E-state index contributed by atoms with van der Waals surface area (Å²) in [6, 6.07) is 25.4. The summed E-state index contributed by atoms with van der Waals surface area (Å²) < 4.78 is 11.3. The molecule has 8 heteroatoms. The fraction of sp³-hybridized carbons (Fsp3) is 0.138. The molecule has 5 rings (SSSR count). The molecule has 0 spiro atoms. The smallest absolute Gasteiger partial charge is 0.311 e. The molecule has 0 unspecified atom stereocenters. The molecule has 4 aromatic rings. The van der Waals surface area contributed by atoms with Crippen molar-refractivity contribution in [2.24, 2.45) is 5.92 Å². The van der Waals surface area contributed by atoms with Gasteiger partial charge in [0.2, 0.25) is 11.7 Å². The maximum atomic E-state index is 12.6. The lowest BCUT2D eigenvalue weighted by atomic mass is 10.1. The molecule has 0 radical (unpaired) electrons. The van der Waals surface area contributed by atoms with E-state index in [1.807, 2.05) is 42.5 Å². The fourth-order valence-corrected chi connectivity index (χ4v) is 4.78. The van der Waals surface area contributed by atoms with E-state index in [0.717, 1.165) is 16.5 Å². The van der Waals surface area contributed by atoms with Crippen LogP contribution < -0.4 is 9.64 Å². The summed E-state index contributed by atoms with van der Waals surface area (Å²) in [6.45, 7) is -0.303. The van der Waals surface area contributed by atoms with Gasteiger partial charge in [0, 0.05) is 34.6 Å². The summed E-state index contributed by atoms with van der Waals surface area (Å²) in [7, 11) is 0. The molecule has 0 aliphatic carbocycles. The Morgan fingerprint density at radius 1 is 0.919 bits per heavy atom. The molecule has 1 saturated heterocycles. The number of benzene rings is 4. The first-order valence-corrected chi connectivity index (χ1v) is 12.4. The molecular formula is C29H21Cl2NO5. The molecule has 1 aliphatic heterocycles. The van der Waals surface area contributed by atoms with Crippen LogP contribution in [0.15, 0.2) is 84.9 Å². The predicted octanol–water partition coefficient (Wildman–Crippen LogP) is 6.72. The number of ether oxygens (including phenoxy) is 2. The molecule has 6 nitrogen and oxygen atoms in total. The molecule has 1 aliphatic rings. The first-order valence-electron chi connectivity index (χ1n) is 11.6. The minimum Gasteiger partial charge on any atom is -0.457 e. The van der Waals surface area contributed by atoms with Crippen LogP contribution >= 0.6 is 23.2 Å². The van der Waals surface area contributed by atoms with Crippen molar-refractivity contribution >= 4 is 57.3 Å². The van der Waals surface area contributed by atoms with E-state index in [2.05, 4.69) is 0 Å². The third-order valence-electron chi connectivity index (χ3n) is 6.16. The molecule has 1 heterocycles. The normalized spacial score (nSPS) is 15.1. The third kappa shape index (κ3) is 5.45. The van der Waals surface area contributed by atoms with Crippen LogP contribution in [0.1, 0.15) is 16.8 Å². The van der Waals surface area contributed by atoms with Gasteiger partial charge in [-0.3, -0.25) is 14.4 Å². The molecule has 1 atom stereocenters. The van der Waals surface area contributed by atoms with Gasteiger partial charge in [-0.2, -0.15) is 0 Å². The van der Waals surface area contributed by atoms with Gasteiger partial charge >= 0.3 is 5.97 Å². The van der Waals surface area contributed by atoms with E-state index in [9.17, 15) is 14.4 Å². The number of rotatable bonds is 7. The second-order valence-electron chi connectivity index (χ2n) is 8.63. The van der Waals surface area contributed by atoms with Crippen LogP contribution in [0.5, 0.6) is 11.5 Å². The first-order chi connectivity index (χ1) is 17.9. The SMILES string of the molecule is O=C(COC(=O)[C@H]1CC(=O)N(c2ccc(Oc3cccc4ccccc34)cc2)C1)c1ccc(Cl)cc1Cl. The van der Waals surface area contributed by atoms with Crippen LogP contribution in [0.2, 0.25) is 10.0 Å². The monoisotopic (exact) mass is 533 g/mol. The van der Waals surface area contributed by atoms with Crippen LogP contribution in [0.4, 0.5) is 5.69 Å². The molecule has 0 bridgehead atoms. The lowest BCUT2D eigenvalue weighted by Gasteiger charge is -2.17. The van der Waals surface area contributed by atoms with E-state index < -0.39 is 24.3 Å². The highest BCUT2D eigenvalue weighted by atomic mass is 35.5. The number of fused-ring (bicyclic) bond motifs is 1. The van der Waals surface area contributed by atoms with Gasteiger partial charge in [-0.15, -0.1) is 0 Å². The maximum Gasteiger partial charge on any atom is 0.311 e. The van der Waals surface area contributed by atoms with Gasteiger partial charge in [0.1, 0.15) is 11.5 Å². The van der Waals surface area contributed by atoms with E-state index in [1.165, 1.54) is 23.1 Å². The molecule has 1 amide bonds. The number of anilines is 1. The number of hydrogen-bond acceptors (Lipinski definition) is 5. The van der Waals surface area contributed by atoms with Crippen LogP contribution in [0.25, 0.3) is 10.8 Å². The second kappa shape index (κ2) is 10.6. The van der Waals surface area contributed by atoms with Crippen LogP contribution in [-0.2, 0) is 14.3 Å². The number of carbonyl (C=O) groups excluding carboxylic acids is 3. The molecule has 0 saturated carbocycles.